The van der Waals surface area contributed by atoms with E-state index in [-0.39, 0.29) is 0 Å². The summed E-state index contributed by atoms with van der Waals surface area (Å²) in [6, 6.07) is 3.88. The van der Waals surface area contributed by atoms with E-state index in [1.807, 2.05) is 24.1 Å². The molecule has 0 bridgehead atoms. The second kappa shape index (κ2) is 5.23. The first-order valence-electron chi connectivity index (χ1n) is 5.80. The van der Waals surface area contributed by atoms with Crippen LogP contribution < -0.4 is 16.2 Å². The molecule has 0 aliphatic carbocycles. The standard InChI is InChI=1S/C11H12ClN7S/c1-19(5-6-2-3-8(12)20-6)10-7-4-14-18-9(7)15-11(16-10)17-13/h2-4H,5,13H2,1H3,(H2,14,15,16,17,18). The van der Waals surface area contributed by atoms with Crippen LogP contribution in [-0.2, 0) is 6.54 Å². The monoisotopic (exact) mass is 309 g/mol. The highest BCUT2D eigenvalue weighted by molar-refractivity contribution is 7.16. The minimum atomic E-state index is 0.341. The van der Waals surface area contributed by atoms with Crippen molar-refractivity contribution in [3.63, 3.8) is 0 Å². The fraction of sp³-hybridized carbons (Fsp3) is 0.182. The predicted molar refractivity (Wildman–Crippen MR) is 80.9 cm³/mol. The van der Waals surface area contributed by atoms with Gasteiger partial charge in [0.05, 0.1) is 22.5 Å². The van der Waals surface area contributed by atoms with E-state index in [9.17, 15) is 0 Å². The summed E-state index contributed by atoms with van der Waals surface area (Å²) in [6.45, 7) is 0.693. The second-order valence-corrected chi connectivity index (χ2v) is 6.01. The molecule has 0 amide bonds. The van der Waals surface area contributed by atoms with Crippen molar-refractivity contribution < 1.29 is 0 Å². The Morgan fingerprint density at radius 3 is 3.00 bits per heavy atom. The number of nitrogen functional groups attached to an aromatic ring is 1. The Morgan fingerprint density at radius 1 is 1.45 bits per heavy atom. The summed E-state index contributed by atoms with van der Waals surface area (Å²) in [5.41, 5.74) is 3.09. The van der Waals surface area contributed by atoms with E-state index in [1.165, 1.54) is 0 Å². The summed E-state index contributed by atoms with van der Waals surface area (Å²) >= 11 is 7.49. The van der Waals surface area contributed by atoms with E-state index in [1.54, 1.807) is 17.5 Å². The van der Waals surface area contributed by atoms with Gasteiger partial charge in [0.25, 0.3) is 0 Å². The molecule has 0 spiro atoms. The van der Waals surface area contributed by atoms with Gasteiger partial charge in [-0.1, -0.05) is 11.6 Å². The lowest BCUT2D eigenvalue weighted by molar-refractivity contribution is 0.914. The van der Waals surface area contributed by atoms with Crippen LogP contribution >= 0.6 is 22.9 Å². The molecule has 3 aromatic heterocycles. The zero-order valence-electron chi connectivity index (χ0n) is 10.6. The normalized spacial score (nSPS) is 10.9. The Morgan fingerprint density at radius 2 is 2.30 bits per heavy atom. The molecule has 0 saturated heterocycles. The third kappa shape index (κ3) is 2.40. The summed E-state index contributed by atoms with van der Waals surface area (Å²) in [5, 5.41) is 7.65. The molecule has 0 atom stereocenters. The van der Waals surface area contributed by atoms with Gasteiger partial charge in [-0.2, -0.15) is 15.1 Å². The lowest BCUT2D eigenvalue weighted by Crippen LogP contribution is -2.19. The molecule has 9 heteroatoms. The van der Waals surface area contributed by atoms with Gasteiger partial charge in [-0.05, 0) is 12.1 Å². The number of hydrogen-bond acceptors (Lipinski definition) is 7. The van der Waals surface area contributed by atoms with Gasteiger partial charge in [0, 0.05) is 11.9 Å². The number of nitrogens with zero attached hydrogens (tertiary/aromatic N) is 4. The van der Waals surface area contributed by atoms with Crippen LogP contribution in [0.15, 0.2) is 18.3 Å². The second-order valence-electron chi connectivity index (χ2n) is 4.21. The quantitative estimate of drug-likeness (QED) is 0.504. The predicted octanol–water partition coefficient (Wildman–Crippen LogP) is 1.99. The fourth-order valence-corrected chi connectivity index (χ4v) is 3.06. The Labute approximate surface area is 123 Å². The lowest BCUT2D eigenvalue weighted by atomic mass is 10.3. The first-order valence-corrected chi connectivity index (χ1v) is 7.00. The molecular formula is C11H12ClN7S. The molecule has 0 radical (unpaired) electrons. The molecule has 3 heterocycles. The number of halogens is 1. The van der Waals surface area contributed by atoms with Crippen LogP contribution in [0.1, 0.15) is 4.88 Å². The van der Waals surface area contributed by atoms with Gasteiger partial charge in [0.2, 0.25) is 5.95 Å². The summed E-state index contributed by atoms with van der Waals surface area (Å²) in [6.07, 6.45) is 1.70. The Balaban J connectivity index is 1.97. The van der Waals surface area contributed by atoms with Crippen molar-refractivity contribution in [3.05, 3.63) is 27.5 Å². The van der Waals surface area contributed by atoms with Crippen LogP contribution in [0.2, 0.25) is 4.34 Å². The number of fused-ring (bicyclic) bond motifs is 1. The lowest BCUT2D eigenvalue weighted by Gasteiger charge is -2.18. The first kappa shape index (κ1) is 13.1. The fourth-order valence-electron chi connectivity index (χ4n) is 1.92. The highest BCUT2D eigenvalue weighted by Gasteiger charge is 2.14. The molecule has 3 rings (SSSR count). The van der Waals surface area contributed by atoms with Crippen molar-refractivity contribution in [2.75, 3.05) is 17.4 Å². The van der Waals surface area contributed by atoms with Gasteiger partial charge in [-0.25, -0.2) is 5.84 Å². The van der Waals surface area contributed by atoms with Crippen molar-refractivity contribution in [1.82, 2.24) is 20.2 Å². The van der Waals surface area contributed by atoms with Crippen LogP contribution in [0.25, 0.3) is 11.0 Å². The minimum Gasteiger partial charge on any atom is -0.354 e. The molecule has 0 unspecified atom stereocenters. The number of rotatable bonds is 4. The Kier molecular flexibility index (Phi) is 3.43. The highest BCUT2D eigenvalue weighted by Crippen LogP contribution is 2.27. The minimum absolute atomic E-state index is 0.341. The van der Waals surface area contributed by atoms with Gasteiger partial charge < -0.3 is 4.90 Å². The molecule has 0 aliphatic rings. The molecule has 7 nitrogen and oxygen atoms in total. The first-order chi connectivity index (χ1) is 9.67. The SMILES string of the molecule is CN(Cc1ccc(Cl)s1)c1nc(NN)nc2[nH]ncc12. The Bertz CT molecular complexity index is 737. The number of nitrogens with two attached hydrogens (primary N) is 1. The van der Waals surface area contributed by atoms with E-state index in [2.05, 4.69) is 25.6 Å². The van der Waals surface area contributed by atoms with Gasteiger partial charge in [-0.15, -0.1) is 11.3 Å². The van der Waals surface area contributed by atoms with Gasteiger partial charge in [-0.3, -0.25) is 10.5 Å². The van der Waals surface area contributed by atoms with E-state index in [0.29, 0.717) is 18.1 Å². The third-order valence-corrected chi connectivity index (χ3v) is 4.02. The summed E-state index contributed by atoms with van der Waals surface area (Å²) < 4.78 is 0.772. The number of nitrogens with one attached hydrogen (secondary N) is 2. The number of H-pyrrole nitrogens is 1. The summed E-state index contributed by atoms with van der Waals surface area (Å²) in [5.74, 6) is 6.48. The van der Waals surface area contributed by atoms with Crippen molar-refractivity contribution >= 4 is 45.7 Å². The number of anilines is 2. The average Bonchev–Trinajstić information content (AvgIpc) is 3.06. The molecule has 104 valence electrons. The number of aromatic amines is 1. The van der Waals surface area contributed by atoms with Gasteiger partial charge in [0.1, 0.15) is 5.82 Å². The average molecular weight is 310 g/mol. The van der Waals surface area contributed by atoms with Crippen molar-refractivity contribution in [2.45, 2.75) is 6.54 Å². The van der Waals surface area contributed by atoms with Crippen LogP contribution in [0.4, 0.5) is 11.8 Å². The van der Waals surface area contributed by atoms with Crippen molar-refractivity contribution in [1.29, 1.82) is 0 Å². The van der Waals surface area contributed by atoms with Crippen LogP contribution in [0, 0.1) is 0 Å². The van der Waals surface area contributed by atoms with E-state index < -0.39 is 0 Å². The molecule has 3 aromatic rings. The maximum absolute atomic E-state index is 5.95. The molecule has 0 saturated carbocycles. The number of hydrazine groups is 1. The largest absolute Gasteiger partial charge is 0.354 e. The van der Waals surface area contributed by atoms with Crippen LogP contribution in [0.5, 0.6) is 0 Å². The van der Waals surface area contributed by atoms with Crippen LogP contribution in [0.3, 0.4) is 0 Å². The summed E-state index contributed by atoms with van der Waals surface area (Å²) in [7, 11) is 1.95. The van der Waals surface area contributed by atoms with E-state index >= 15 is 0 Å². The molecule has 20 heavy (non-hydrogen) atoms. The maximum atomic E-state index is 5.95. The molecule has 4 N–H and O–H groups in total. The molecule has 0 fully saturated rings. The molecular weight excluding hydrogens is 298 g/mol. The zero-order chi connectivity index (χ0) is 14.1. The zero-order valence-corrected chi connectivity index (χ0v) is 12.2. The van der Waals surface area contributed by atoms with Gasteiger partial charge in [0.15, 0.2) is 5.65 Å². The number of aromatic nitrogens is 4. The number of hydrogen-bond donors (Lipinski definition) is 3. The van der Waals surface area contributed by atoms with Gasteiger partial charge >= 0.3 is 0 Å². The maximum Gasteiger partial charge on any atom is 0.241 e. The topological polar surface area (TPSA) is 95.8 Å². The molecule has 0 aromatic carbocycles. The van der Waals surface area contributed by atoms with Crippen molar-refractivity contribution in [3.8, 4) is 0 Å². The van der Waals surface area contributed by atoms with Crippen LogP contribution in [-0.4, -0.2) is 27.2 Å². The van der Waals surface area contributed by atoms with Crippen molar-refractivity contribution in [2.24, 2.45) is 5.84 Å². The highest BCUT2D eigenvalue weighted by atomic mass is 35.5. The number of thiophene rings is 1. The Hall–Kier alpha value is -1.90. The summed E-state index contributed by atoms with van der Waals surface area (Å²) in [4.78, 5) is 11.7. The van der Waals surface area contributed by atoms with E-state index in [0.717, 1.165) is 20.4 Å². The molecule has 0 aliphatic heterocycles. The smallest absolute Gasteiger partial charge is 0.241 e. The third-order valence-electron chi connectivity index (χ3n) is 2.80. The van der Waals surface area contributed by atoms with E-state index in [4.69, 9.17) is 17.4 Å².